The first-order valence-electron chi connectivity index (χ1n) is 6.86. The molecule has 4 nitrogen and oxygen atoms in total. The molecule has 124 valence electrons. The summed E-state index contributed by atoms with van der Waals surface area (Å²) in [6.45, 7) is -0.225. The molecular formula is C17H13BrCl2N2O2. The molecule has 2 aromatic carbocycles. The highest BCUT2D eigenvalue weighted by atomic mass is 79.9. The number of hydrogen-bond donors (Lipinski definition) is 1. The second-order valence-corrected chi connectivity index (χ2v) is 6.36. The largest absolute Gasteiger partial charge is 0.482 e. The summed E-state index contributed by atoms with van der Waals surface area (Å²) in [5.41, 5.74) is 3.38. The average Bonchev–Trinajstić information content (AvgIpc) is 2.56. The second-order valence-electron chi connectivity index (χ2n) is 4.60. The van der Waals surface area contributed by atoms with Gasteiger partial charge in [-0.15, -0.1) is 0 Å². The van der Waals surface area contributed by atoms with E-state index in [1.807, 2.05) is 36.4 Å². The van der Waals surface area contributed by atoms with E-state index in [9.17, 15) is 4.79 Å². The van der Waals surface area contributed by atoms with Gasteiger partial charge in [-0.25, -0.2) is 5.43 Å². The fourth-order valence-electron chi connectivity index (χ4n) is 1.68. The summed E-state index contributed by atoms with van der Waals surface area (Å²) < 4.78 is 6.02. The summed E-state index contributed by atoms with van der Waals surface area (Å²) in [6, 6.07) is 14.5. The van der Waals surface area contributed by atoms with E-state index >= 15 is 0 Å². The van der Waals surface area contributed by atoms with Crippen LogP contribution in [-0.2, 0) is 4.79 Å². The molecule has 0 saturated carbocycles. The summed E-state index contributed by atoms with van der Waals surface area (Å²) in [4.78, 5) is 11.7. The van der Waals surface area contributed by atoms with E-state index in [2.05, 4.69) is 26.5 Å². The number of rotatable bonds is 6. The molecule has 2 aromatic rings. The van der Waals surface area contributed by atoms with Crippen LogP contribution in [0.2, 0.25) is 10.0 Å². The lowest BCUT2D eigenvalue weighted by Crippen LogP contribution is -2.24. The Morgan fingerprint density at radius 2 is 1.96 bits per heavy atom. The molecule has 0 radical (unpaired) electrons. The Morgan fingerprint density at radius 3 is 2.71 bits per heavy atom. The van der Waals surface area contributed by atoms with E-state index in [-0.39, 0.29) is 6.61 Å². The van der Waals surface area contributed by atoms with E-state index < -0.39 is 5.91 Å². The molecule has 0 atom stereocenters. The number of hydrazone groups is 1. The molecule has 7 heteroatoms. The van der Waals surface area contributed by atoms with E-state index in [0.717, 1.165) is 5.56 Å². The molecule has 0 saturated heterocycles. The van der Waals surface area contributed by atoms with Crippen molar-refractivity contribution < 1.29 is 9.53 Å². The zero-order chi connectivity index (χ0) is 17.4. The topological polar surface area (TPSA) is 50.7 Å². The Hall–Kier alpha value is -1.82. The third-order valence-electron chi connectivity index (χ3n) is 2.73. The molecule has 0 bridgehead atoms. The predicted octanol–water partition coefficient (Wildman–Crippen LogP) is 4.91. The van der Waals surface area contributed by atoms with E-state index in [0.29, 0.717) is 20.3 Å². The van der Waals surface area contributed by atoms with E-state index in [1.54, 1.807) is 18.2 Å². The molecule has 0 aliphatic rings. The highest BCUT2D eigenvalue weighted by molar-refractivity contribution is 9.12. The molecule has 0 aromatic heterocycles. The molecule has 2 rings (SSSR count). The maximum Gasteiger partial charge on any atom is 0.277 e. The van der Waals surface area contributed by atoms with Crippen molar-refractivity contribution in [1.29, 1.82) is 0 Å². The first kappa shape index (κ1) is 18.5. The van der Waals surface area contributed by atoms with Gasteiger partial charge in [0.25, 0.3) is 5.91 Å². The number of nitrogens with zero attached hydrogens (tertiary/aromatic N) is 1. The van der Waals surface area contributed by atoms with Crippen LogP contribution in [0.25, 0.3) is 6.08 Å². The highest BCUT2D eigenvalue weighted by Crippen LogP contribution is 2.27. The van der Waals surface area contributed by atoms with Gasteiger partial charge in [0.15, 0.2) is 6.61 Å². The van der Waals surface area contributed by atoms with Crippen LogP contribution in [0.4, 0.5) is 0 Å². The lowest BCUT2D eigenvalue weighted by atomic mass is 10.2. The average molecular weight is 428 g/mol. The normalized spacial score (nSPS) is 11.5. The van der Waals surface area contributed by atoms with Gasteiger partial charge in [-0.1, -0.05) is 53.5 Å². The number of benzene rings is 2. The quantitative estimate of drug-likeness (QED) is 0.525. The number of allylic oxidation sites excluding steroid dienone is 1. The fraction of sp³-hybridized carbons (Fsp3) is 0.0588. The van der Waals surface area contributed by atoms with Crippen molar-refractivity contribution in [3.63, 3.8) is 0 Å². The van der Waals surface area contributed by atoms with Crippen LogP contribution in [0.1, 0.15) is 5.56 Å². The number of ether oxygens (including phenoxy) is 1. The molecule has 0 fully saturated rings. The van der Waals surface area contributed by atoms with Crippen molar-refractivity contribution in [2.45, 2.75) is 0 Å². The predicted molar refractivity (Wildman–Crippen MR) is 102 cm³/mol. The Kier molecular flexibility index (Phi) is 7.31. The third-order valence-corrected chi connectivity index (χ3v) is 3.71. The van der Waals surface area contributed by atoms with Gasteiger partial charge >= 0.3 is 0 Å². The van der Waals surface area contributed by atoms with E-state index in [4.69, 9.17) is 27.9 Å². The summed E-state index contributed by atoms with van der Waals surface area (Å²) >= 11 is 15.1. The zero-order valence-corrected chi connectivity index (χ0v) is 15.5. The standard InChI is InChI=1S/C17H13BrCl2N2O2/c18-13(8-12-4-2-1-3-5-12)10-21-22-17(23)11-24-16-9-14(19)6-7-15(16)20/h1-10H,11H2,(H,22,23)/b13-8-,21-10+. The van der Waals surface area contributed by atoms with Crippen LogP contribution in [0.3, 0.4) is 0 Å². The van der Waals surface area contributed by atoms with Gasteiger partial charge in [0.2, 0.25) is 0 Å². The highest BCUT2D eigenvalue weighted by Gasteiger charge is 2.06. The van der Waals surface area contributed by atoms with Crippen molar-refractivity contribution in [1.82, 2.24) is 5.43 Å². The number of halogens is 3. The SMILES string of the molecule is O=C(COc1cc(Cl)ccc1Cl)N/N=C/C(Br)=C/c1ccccc1. The molecule has 1 N–H and O–H groups in total. The van der Waals surface area contributed by atoms with Crippen LogP contribution in [0.15, 0.2) is 58.1 Å². The van der Waals surface area contributed by atoms with Crippen molar-refractivity contribution in [2.75, 3.05) is 6.61 Å². The number of carbonyl (C=O) groups excluding carboxylic acids is 1. The summed E-state index contributed by atoms with van der Waals surface area (Å²) in [5.74, 6) is -0.0734. The van der Waals surface area contributed by atoms with Crippen molar-refractivity contribution in [3.05, 3.63) is 68.6 Å². The van der Waals surface area contributed by atoms with Crippen molar-refractivity contribution in [2.24, 2.45) is 5.10 Å². The van der Waals surface area contributed by atoms with Crippen LogP contribution in [0.5, 0.6) is 5.75 Å². The van der Waals surface area contributed by atoms with Crippen molar-refractivity contribution >= 4 is 57.3 Å². The number of carbonyl (C=O) groups is 1. The Morgan fingerprint density at radius 1 is 1.21 bits per heavy atom. The zero-order valence-electron chi connectivity index (χ0n) is 12.4. The molecule has 0 spiro atoms. The third kappa shape index (κ3) is 6.35. The fourth-order valence-corrected chi connectivity index (χ4v) is 2.38. The first-order chi connectivity index (χ1) is 11.5. The minimum atomic E-state index is -0.415. The molecule has 1 amide bonds. The van der Waals surface area contributed by atoms with Gasteiger partial charge in [-0.2, -0.15) is 5.10 Å². The number of hydrogen-bond acceptors (Lipinski definition) is 3. The van der Waals surface area contributed by atoms with Crippen molar-refractivity contribution in [3.8, 4) is 5.75 Å². The Labute approximate surface area is 158 Å². The minimum Gasteiger partial charge on any atom is -0.482 e. The van der Waals surface area contributed by atoms with Crippen LogP contribution < -0.4 is 10.2 Å². The summed E-state index contributed by atoms with van der Waals surface area (Å²) in [6.07, 6.45) is 3.36. The maximum atomic E-state index is 11.7. The van der Waals surface area contributed by atoms with E-state index in [1.165, 1.54) is 6.21 Å². The number of nitrogens with one attached hydrogen (secondary N) is 1. The van der Waals surface area contributed by atoms with Crippen LogP contribution in [-0.4, -0.2) is 18.7 Å². The smallest absolute Gasteiger partial charge is 0.277 e. The Bertz CT molecular complexity index is 764. The second kappa shape index (κ2) is 9.47. The van der Waals surface area contributed by atoms with Gasteiger partial charge in [0.05, 0.1) is 11.2 Å². The molecule has 0 aliphatic carbocycles. The monoisotopic (exact) mass is 426 g/mol. The van der Waals surface area contributed by atoms with Crippen LogP contribution in [0, 0.1) is 0 Å². The minimum absolute atomic E-state index is 0.225. The molecule has 24 heavy (non-hydrogen) atoms. The number of amides is 1. The van der Waals surface area contributed by atoms with Gasteiger partial charge < -0.3 is 4.74 Å². The molecule has 0 aliphatic heterocycles. The summed E-state index contributed by atoms with van der Waals surface area (Å²) in [5, 5.41) is 4.69. The molecule has 0 heterocycles. The Balaban J connectivity index is 1.82. The maximum absolute atomic E-state index is 11.7. The lowest BCUT2D eigenvalue weighted by molar-refractivity contribution is -0.123. The van der Waals surface area contributed by atoms with Gasteiger partial charge in [-0.05, 0) is 39.7 Å². The van der Waals surface area contributed by atoms with Gasteiger partial charge in [0, 0.05) is 15.6 Å². The summed E-state index contributed by atoms with van der Waals surface area (Å²) in [7, 11) is 0. The lowest BCUT2D eigenvalue weighted by Gasteiger charge is -2.07. The molecule has 0 unspecified atom stereocenters. The van der Waals surface area contributed by atoms with Gasteiger partial charge in [-0.3, -0.25) is 4.79 Å². The first-order valence-corrected chi connectivity index (χ1v) is 8.41. The molecular weight excluding hydrogens is 415 g/mol. The van der Waals surface area contributed by atoms with Gasteiger partial charge in [0.1, 0.15) is 5.75 Å². The van der Waals surface area contributed by atoms with Crippen LogP contribution >= 0.6 is 39.1 Å².